The number of amides is 2. The van der Waals surface area contributed by atoms with Crippen LogP contribution in [0.15, 0.2) is 79.0 Å². The molecule has 0 fully saturated rings. The van der Waals surface area contributed by atoms with Crippen molar-refractivity contribution in [1.29, 1.82) is 0 Å². The van der Waals surface area contributed by atoms with Crippen LogP contribution in [-0.2, 0) is 4.79 Å². The second-order valence-electron chi connectivity index (χ2n) is 7.63. The summed E-state index contributed by atoms with van der Waals surface area (Å²) < 4.78 is 0. The van der Waals surface area contributed by atoms with Crippen LogP contribution < -0.4 is 5.32 Å². The summed E-state index contributed by atoms with van der Waals surface area (Å²) >= 11 is 0. The predicted octanol–water partition coefficient (Wildman–Crippen LogP) is 4.66. The van der Waals surface area contributed by atoms with E-state index in [9.17, 15) is 9.59 Å². The number of rotatable bonds is 4. The number of aromatic amines is 1. The lowest BCUT2D eigenvalue weighted by Gasteiger charge is -2.25. The molecule has 1 aromatic heterocycles. The highest BCUT2D eigenvalue weighted by Gasteiger charge is 2.39. The molecule has 2 amide bonds. The highest BCUT2D eigenvalue weighted by Crippen LogP contribution is 2.40. The van der Waals surface area contributed by atoms with Crippen LogP contribution in [0.5, 0.6) is 0 Å². The third-order valence-electron chi connectivity index (χ3n) is 5.62. The van der Waals surface area contributed by atoms with E-state index in [1.165, 1.54) is 0 Å². The first-order valence-corrected chi connectivity index (χ1v) is 9.94. The molecule has 0 radical (unpaired) electrons. The summed E-state index contributed by atoms with van der Waals surface area (Å²) in [4.78, 5) is 31.0. The van der Waals surface area contributed by atoms with Crippen molar-refractivity contribution in [2.45, 2.75) is 13.0 Å². The lowest BCUT2D eigenvalue weighted by atomic mass is 9.97. The van der Waals surface area contributed by atoms with Crippen LogP contribution >= 0.6 is 0 Å². The van der Waals surface area contributed by atoms with E-state index in [-0.39, 0.29) is 24.4 Å². The predicted molar refractivity (Wildman–Crippen MR) is 117 cm³/mol. The third-order valence-corrected chi connectivity index (χ3v) is 5.62. The van der Waals surface area contributed by atoms with E-state index in [0.29, 0.717) is 5.56 Å². The number of benzene rings is 3. The van der Waals surface area contributed by atoms with Crippen LogP contribution in [0.1, 0.15) is 33.1 Å². The van der Waals surface area contributed by atoms with Crippen molar-refractivity contribution in [2.75, 3.05) is 11.9 Å². The van der Waals surface area contributed by atoms with Gasteiger partial charge in [0.15, 0.2) is 0 Å². The van der Waals surface area contributed by atoms with Crippen LogP contribution in [0.2, 0.25) is 0 Å². The first-order valence-electron chi connectivity index (χ1n) is 9.94. The Bertz CT molecular complexity index is 1260. The molecule has 1 atom stereocenters. The fourth-order valence-electron chi connectivity index (χ4n) is 4.18. The van der Waals surface area contributed by atoms with Gasteiger partial charge in [0.1, 0.15) is 6.54 Å². The quantitative estimate of drug-likeness (QED) is 0.528. The molecule has 0 saturated carbocycles. The van der Waals surface area contributed by atoms with Crippen LogP contribution in [0, 0.1) is 6.92 Å². The van der Waals surface area contributed by atoms with E-state index in [4.69, 9.17) is 0 Å². The maximum atomic E-state index is 13.2. The fraction of sp³-hybridized carbons (Fsp3) is 0.120. The zero-order valence-electron chi connectivity index (χ0n) is 16.6. The lowest BCUT2D eigenvalue weighted by molar-refractivity contribution is -0.117. The largest absolute Gasteiger partial charge is 0.361 e. The number of H-pyrrole nitrogens is 1. The topological polar surface area (TPSA) is 65.2 Å². The van der Waals surface area contributed by atoms with Crippen molar-refractivity contribution in [3.05, 3.63) is 101 Å². The Morgan fingerprint density at radius 1 is 0.967 bits per heavy atom. The summed E-state index contributed by atoms with van der Waals surface area (Å²) in [5.74, 6) is -0.343. The van der Waals surface area contributed by atoms with Crippen molar-refractivity contribution < 1.29 is 9.59 Å². The second kappa shape index (κ2) is 7.19. The average molecular weight is 395 g/mol. The Labute approximate surface area is 174 Å². The van der Waals surface area contributed by atoms with E-state index < -0.39 is 0 Å². The maximum absolute atomic E-state index is 13.2. The summed E-state index contributed by atoms with van der Waals surface area (Å²) in [5.41, 5.74) is 5.42. The molecule has 30 heavy (non-hydrogen) atoms. The summed E-state index contributed by atoms with van der Waals surface area (Å²) in [7, 11) is 0. The number of carbonyl (C=O) groups is 2. The Kier molecular flexibility index (Phi) is 4.36. The molecule has 2 heterocycles. The van der Waals surface area contributed by atoms with Gasteiger partial charge in [0.2, 0.25) is 5.91 Å². The Morgan fingerprint density at radius 3 is 2.53 bits per heavy atom. The molecule has 4 aromatic rings. The SMILES string of the molecule is Cc1ccc(NC(=O)CN2C(=O)c3ccccc3[C@@H]2c2c[nH]c3ccccc23)cc1. The summed E-state index contributed by atoms with van der Waals surface area (Å²) in [5, 5.41) is 3.96. The molecule has 0 spiro atoms. The number of aryl methyl sites for hydroxylation is 1. The van der Waals surface area contributed by atoms with Crippen molar-refractivity contribution in [3.63, 3.8) is 0 Å². The minimum Gasteiger partial charge on any atom is -0.361 e. The molecular weight excluding hydrogens is 374 g/mol. The monoisotopic (exact) mass is 395 g/mol. The van der Waals surface area contributed by atoms with Gasteiger partial charge in [-0.2, -0.15) is 0 Å². The third kappa shape index (κ3) is 3.05. The molecular formula is C25H21N3O2. The van der Waals surface area contributed by atoms with Gasteiger partial charge in [-0.3, -0.25) is 9.59 Å². The minimum atomic E-state index is -0.311. The maximum Gasteiger partial charge on any atom is 0.255 e. The number of anilines is 1. The van der Waals surface area contributed by atoms with Crippen LogP contribution in [0.3, 0.4) is 0 Å². The normalized spacial score (nSPS) is 15.4. The molecule has 0 unspecified atom stereocenters. The molecule has 2 N–H and O–H groups in total. The average Bonchev–Trinajstić information content (AvgIpc) is 3.29. The van der Waals surface area contributed by atoms with Gasteiger partial charge in [-0.05, 0) is 36.8 Å². The summed E-state index contributed by atoms with van der Waals surface area (Å²) in [6.45, 7) is 1.98. The number of para-hydroxylation sites is 1. The minimum absolute atomic E-state index is 0.0223. The molecule has 5 heteroatoms. The number of hydrogen-bond acceptors (Lipinski definition) is 2. The van der Waals surface area contributed by atoms with Crippen molar-refractivity contribution in [3.8, 4) is 0 Å². The van der Waals surface area contributed by atoms with Crippen LogP contribution in [0.25, 0.3) is 10.9 Å². The molecule has 0 saturated heterocycles. The van der Waals surface area contributed by atoms with Crippen molar-refractivity contribution >= 4 is 28.4 Å². The van der Waals surface area contributed by atoms with Gasteiger partial charge in [0.05, 0.1) is 6.04 Å². The van der Waals surface area contributed by atoms with E-state index in [2.05, 4.69) is 10.3 Å². The number of fused-ring (bicyclic) bond motifs is 2. The summed E-state index contributed by atoms with van der Waals surface area (Å²) in [6.07, 6.45) is 1.94. The molecule has 148 valence electrons. The van der Waals surface area contributed by atoms with Gasteiger partial charge >= 0.3 is 0 Å². The van der Waals surface area contributed by atoms with Crippen molar-refractivity contribution in [2.24, 2.45) is 0 Å². The molecule has 5 rings (SSSR count). The standard InChI is InChI=1S/C25H21N3O2/c1-16-10-12-17(13-11-16)27-23(29)15-28-24(19-7-2-3-8-20(19)25(28)30)21-14-26-22-9-5-4-6-18(21)22/h2-14,24,26H,15H2,1H3,(H,27,29)/t24-/m1/s1. The molecule has 5 nitrogen and oxygen atoms in total. The fourth-order valence-corrected chi connectivity index (χ4v) is 4.18. The molecule has 0 bridgehead atoms. The van der Waals surface area contributed by atoms with Gasteiger partial charge in [-0.25, -0.2) is 0 Å². The van der Waals surface area contributed by atoms with Gasteiger partial charge < -0.3 is 15.2 Å². The van der Waals surface area contributed by atoms with E-state index in [1.807, 2.05) is 85.9 Å². The Morgan fingerprint density at radius 2 is 1.70 bits per heavy atom. The number of hydrogen-bond donors (Lipinski definition) is 2. The number of carbonyl (C=O) groups excluding carboxylic acids is 2. The molecule has 3 aromatic carbocycles. The first-order chi connectivity index (χ1) is 14.6. The summed E-state index contributed by atoms with van der Waals surface area (Å²) in [6, 6.07) is 22.9. The van der Waals surface area contributed by atoms with Gasteiger partial charge in [0, 0.05) is 33.9 Å². The second-order valence-corrected chi connectivity index (χ2v) is 7.63. The van der Waals surface area contributed by atoms with Gasteiger partial charge in [0.25, 0.3) is 5.91 Å². The first kappa shape index (κ1) is 18.2. The highest BCUT2D eigenvalue weighted by molar-refractivity contribution is 6.04. The van der Waals surface area contributed by atoms with Crippen molar-refractivity contribution in [1.82, 2.24) is 9.88 Å². The smallest absolute Gasteiger partial charge is 0.255 e. The number of aromatic nitrogens is 1. The van der Waals surface area contributed by atoms with E-state index >= 15 is 0 Å². The molecule has 1 aliphatic heterocycles. The molecule has 1 aliphatic rings. The van der Waals surface area contributed by atoms with Crippen LogP contribution in [0.4, 0.5) is 5.69 Å². The zero-order valence-corrected chi connectivity index (χ0v) is 16.6. The van der Waals surface area contributed by atoms with E-state index in [0.717, 1.165) is 33.3 Å². The number of nitrogens with zero attached hydrogens (tertiary/aromatic N) is 1. The Balaban J connectivity index is 1.50. The van der Waals surface area contributed by atoms with E-state index in [1.54, 1.807) is 4.90 Å². The zero-order chi connectivity index (χ0) is 20.7. The van der Waals surface area contributed by atoms with Gasteiger partial charge in [-0.1, -0.05) is 54.1 Å². The van der Waals surface area contributed by atoms with Gasteiger partial charge in [-0.15, -0.1) is 0 Å². The highest BCUT2D eigenvalue weighted by atomic mass is 16.2. The lowest BCUT2D eigenvalue weighted by Crippen LogP contribution is -2.36. The molecule has 0 aliphatic carbocycles. The number of nitrogens with one attached hydrogen (secondary N) is 2. The van der Waals surface area contributed by atoms with Crippen LogP contribution in [-0.4, -0.2) is 28.2 Å². The Hall–Kier alpha value is -3.86.